The third kappa shape index (κ3) is 4.04. The zero-order chi connectivity index (χ0) is 23.7. The minimum Gasteiger partial charge on any atom is -0.495 e. The molecule has 170 valence electrons. The summed E-state index contributed by atoms with van der Waals surface area (Å²) in [6, 6.07) is 14.5. The minimum atomic E-state index is -0.354. The first-order valence-electron chi connectivity index (χ1n) is 10.5. The number of hydrogen-bond donors (Lipinski definition) is 3. The van der Waals surface area contributed by atoms with Gasteiger partial charge in [-0.05, 0) is 35.2 Å². The highest BCUT2D eigenvalue weighted by molar-refractivity contribution is 7.18. The Labute approximate surface area is 200 Å². The molecule has 9 heteroatoms. The lowest BCUT2D eigenvalue weighted by atomic mass is 10.0. The highest BCUT2D eigenvalue weighted by atomic mass is 32.1. The van der Waals surface area contributed by atoms with Crippen LogP contribution < -0.4 is 21.1 Å². The molecule has 3 aromatic heterocycles. The molecule has 0 spiro atoms. The molecule has 0 radical (unpaired) electrons. The Kier molecular flexibility index (Phi) is 5.60. The van der Waals surface area contributed by atoms with E-state index >= 15 is 0 Å². The molecule has 4 N–H and O–H groups in total. The molecule has 0 aliphatic rings. The van der Waals surface area contributed by atoms with E-state index in [1.165, 1.54) is 0 Å². The van der Waals surface area contributed by atoms with Gasteiger partial charge in [-0.3, -0.25) is 4.68 Å². The lowest BCUT2D eigenvalue weighted by molar-refractivity contribution is 0.262. The first-order chi connectivity index (χ1) is 16.5. The van der Waals surface area contributed by atoms with Crippen LogP contribution in [-0.2, 0) is 7.05 Å². The van der Waals surface area contributed by atoms with Crippen molar-refractivity contribution < 1.29 is 9.53 Å². The highest BCUT2D eigenvalue weighted by Crippen LogP contribution is 2.41. The number of nitrogens with two attached hydrogens (primary N) is 1. The van der Waals surface area contributed by atoms with Gasteiger partial charge < -0.3 is 21.1 Å². The lowest BCUT2D eigenvalue weighted by Gasteiger charge is -2.11. The van der Waals surface area contributed by atoms with Gasteiger partial charge in [-0.2, -0.15) is 5.10 Å². The van der Waals surface area contributed by atoms with Crippen LogP contribution >= 0.6 is 11.3 Å². The molecule has 0 bridgehead atoms. The van der Waals surface area contributed by atoms with E-state index in [1.807, 2.05) is 55.8 Å². The summed E-state index contributed by atoms with van der Waals surface area (Å²) in [4.78, 5) is 16.9. The molecule has 34 heavy (non-hydrogen) atoms. The number of rotatable bonds is 5. The number of nitrogen functional groups attached to an aromatic ring is 1. The van der Waals surface area contributed by atoms with Crippen LogP contribution in [0.25, 0.3) is 32.3 Å². The topological polar surface area (TPSA) is 107 Å². The number of fused-ring (bicyclic) bond motifs is 1. The lowest BCUT2D eigenvalue weighted by Crippen LogP contribution is -2.19. The molecule has 0 saturated heterocycles. The van der Waals surface area contributed by atoms with Gasteiger partial charge in [-0.25, -0.2) is 9.78 Å². The van der Waals surface area contributed by atoms with E-state index in [2.05, 4.69) is 26.1 Å². The fraction of sp³-hybridized carbons (Fsp3) is 0.0800. The number of anilines is 3. The molecular formula is C25H22N6O2S. The molecule has 0 aliphatic carbocycles. The Bertz CT molecular complexity index is 1490. The summed E-state index contributed by atoms with van der Waals surface area (Å²) in [5, 5.41) is 12.9. The second kappa shape index (κ2) is 8.87. The predicted octanol–water partition coefficient (Wildman–Crippen LogP) is 5.60. The number of thiophene rings is 1. The van der Waals surface area contributed by atoms with E-state index in [1.54, 1.807) is 41.5 Å². The number of aryl methyl sites for hydroxylation is 1. The quantitative estimate of drug-likeness (QED) is 0.310. The molecule has 2 amide bonds. The zero-order valence-corrected chi connectivity index (χ0v) is 19.4. The molecule has 3 heterocycles. The summed E-state index contributed by atoms with van der Waals surface area (Å²) >= 11 is 1.62. The van der Waals surface area contributed by atoms with Gasteiger partial charge >= 0.3 is 6.03 Å². The van der Waals surface area contributed by atoms with Gasteiger partial charge in [0.2, 0.25) is 0 Å². The van der Waals surface area contributed by atoms with Crippen LogP contribution in [0, 0.1) is 0 Å². The van der Waals surface area contributed by atoms with Gasteiger partial charge in [0.05, 0.1) is 19.0 Å². The second-order valence-corrected chi connectivity index (χ2v) is 8.55. The summed E-state index contributed by atoms with van der Waals surface area (Å²) in [7, 11) is 3.45. The van der Waals surface area contributed by atoms with E-state index in [9.17, 15) is 4.79 Å². The fourth-order valence-electron chi connectivity index (χ4n) is 3.81. The summed E-state index contributed by atoms with van der Waals surface area (Å²) in [6.07, 6.45) is 5.58. The normalized spacial score (nSPS) is 10.9. The summed E-state index contributed by atoms with van der Waals surface area (Å²) in [5.74, 6) is 1.08. The van der Waals surface area contributed by atoms with Crippen molar-refractivity contribution in [3.05, 3.63) is 72.5 Å². The first-order valence-corrected chi connectivity index (χ1v) is 11.4. The van der Waals surface area contributed by atoms with Crippen molar-refractivity contribution in [2.75, 3.05) is 23.5 Å². The number of carbonyl (C=O) groups excluding carboxylic acids is 1. The molecule has 0 unspecified atom stereocenters. The predicted molar refractivity (Wildman–Crippen MR) is 137 cm³/mol. The van der Waals surface area contributed by atoms with Crippen LogP contribution in [0.15, 0.2) is 72.5 Å². The van der Waals surface area contributed by atoms with Crippen molar-refractivity contribution >= 4 is 44.6 Å². The van der Waals surface area contributed by atoms with Crippen LogP contribution in [0.4, 0.5) is 22.0 Å². The standard InChI is InChI=1S/C25H22N6O2S/c1-31-13-16(11-28-31)18-12-27-24(26)22-19(14-34-23(18)22)15-7-9-17(10-8-15)29-25(32)30-20-5-3-4-6-21(20)33-2/h3-14H,1-2H3,(H2,26,27)(H2,29,30,32). The van der Waals surface area contributed by atoms with Crippen molar-refractivity contribution in [1.82, 2.24) is 14.8 Å². The maximum atomic E-state index is 12.4. The van der Waals surface area contributed by atoms with Crippen LogP contribution in [0.5, 0.6) is 5.75 Å². The van der Waals surface area contributed by atoms with Crippen LogP contribution in [0.1, 0.15) is 0 Å². The minimum absolute atomic E-state index is 0.354. The Morgan fingerprint density at radius 3 is 2.56 bits per heavy atom. The Balaban J connectivity index is 1.39. The number of ether oxygens (including phenoxy) is 1. The number of benzene rings is 2. The Morgan fingerprint density at radius 2 is 1.82 bits per heavy atom. The highest BCUT2D eigenvalue weighted by Gasteiger charge is 2.16. The van der Waals surface area contributed by atoms with Gasteiger partial charge in [0, 0.05) is 51.9 Å². The molecule has 0 atom stereocenters. The molecule has 5 aromatic rings. The monoisotopic (exact) mass is 470 g/mol. The SMILES string of the molecule is COc1ccccc1NC(=O)Nc1ccc(-c2csc3c(-c4cnn(C)c4)cnc(N)c23)cc1. The fourth-order valence-corrected chi connectivity index (χ4v) is 4.93. The molecular weight excluding hydrogens is 448 g/mol. The molecule has 8 nitrogen and oxygen atoms in total. The van der Waals surface area contributed by atoms with Crippen LogP contribution in [0.2, 0.25) is 0 Å². The van der Waals surface area contributed by atoms with Crippen molar-refractivity contribution in [3.63, 3.8) is 0 Å². The number of nitrogens with one attached hydrogen (secondary N) is 2. The van der Waals surface area contributed by atoms with Gasteiger partial charge in [-0.1, -0.05) is 24.3 Å². The van der Waals surface area contributed by atoms with Gasteiger partial charge in [0.1, 0.15) is 11.6 Å². The molecule has 0 fully saturated rings. The van der Waals surface area contributed by atoms with E-state index in [0.717, 1.165) is 32.3 Å². The molecule has 2 aromatic carbocycles. The number of hydrogen-bond acceptors (Lipinski definition) is 6. The third-order valence-electron chi connectivity index (χ3n) is 5.45. The molecule has 0 aliphatic heterocycles. The second-order valence-electron chi connectivity index (χ2n) is 7.67. The average Bonchev–Trinajstić information content (AvgIpc) is 3.48. The maximum absolute atomic E-state index is 12.4. The van der Waals surface area contributed by atoms with Crippen LogP contribution in [0.3, 0.4) is 0 Å². The third-order valence-corrected chi connectivity index (χ3v) is 6.46. The smallest absolute Gasteiger partial charge is 0.323 e. The molecule has 5 rings (SSSR count). The van der Waals surface area contributed by atoms with Gasteiger partial charge in [-0.15, -0.1) is 11.3 Å². The number of para-hydroxylation sites is 2. The molecule has 0 saturated carbocycles. The van der Waals surface area contributed by atoms with E-state index in [-0.39, 0.29) is 6.03 Å². The maximum Gasteiger partial charge on any atom is 0.323 e. The summed E-state index contributed by atoms with van der Waals surface area (Å²) in [5.41, 5.74) is 11.5. The Morgan fingerprint density at radius 1 is 1.03 bits per heavy atom. The van der Waals surface area contributed by atoms with Crippen molar-refractivity contribution in [2.24, 2.45) is 7.05 Å². The Hall–Kier alpha value is -4.37. The number of aromatic nitrogens is 3. The van der Waals surface area contributed by atoms with Gasteiger partial charge in [0.15, 0.2) is 0 Å². The van der Waals surface area contributed by atoms with E-state index in [4.69, 9.17) is 10.5 Å². The van der Waals surface area contributed by atoms with E-state index < -0.39 is 0 Å². The average molecular weight is 471 g/mol. The summed E-state index contributed by atoms with van der Waals surface area (Å²) < 4.78 is 8.10. The number of urea groups is 1. The first kappa shape index (κ1) is 21.5. The van der Waals surface area contributed by atoms with Gasteiger partial charge in [0.25, 0.3) is 0 Å². The van der Waals surface area contributed by atoms with Crippen molar-refractivity contribution in [1.29, 1.82) is 0 Å². The van der Waals surface area contributed by atoms with Crippen molar-refractivity contribution in [2.45, 2.75) is 0 Å². The van der Waals surface area contributed by atoms with Crippen LogP contribution in [-0.4, -0.2) is 27.9 Å². The number of amides is 2. The van der Waals surface area contributed by atoms with Crippen molar-refractivity contribution in [3.8, 4) is 28.0 Å². The number of methoxy groups -OCH3 is 1. The summed E-state index contributed by atoms with van der Waals surface area (Å²) in [6.45, 7) is 0. The number of pyridine rings is 1. The van der Waals surface area contributed by atoms with E-state index in [0.29, 0.717) is 22.9 Å². The number of nitrogens with zero attached hydrogens (tertiary/aromatic N) is 3. The largest absolute Gasteiger partial charge is 0.495 e. The zero-order valence-electron chi connectivity index (χ0n) is 18.6. The number of carbonyl (C=O) groups is 1.